The van der Waals surface area contributed by atoms with Crippen molar-refractivity contribution < 1.29 is 13.5 Å². The van der Waals surface area contributed by atoms with Crippen LogP contribution in [-0.2, 0) is 11.8 Å². The van der Waals surface area contributed by atoms with Crippen LogP contribution in [0.4, 0.5) is 8.78 Å². The number of likely N-dealkylation sites (tertiary alicyclic amines) is 1. The van der Waals surface area contributed by atoms with Crippen LogP contribution < -0.4 is 5.69 Å². The van der Waals surface area contributed by atoms with Crippen molar-refractivity contribution >= 4 is 22.1 Å². The third-order valence-corrected chi connectivity index (χ3v) is 7.87. The van der Waals surface area contributed by atoms with Gasteiger partial charge >= 0.3 is 5.69 Å². The van der Waals surface area contributed by atoms with Gasteiger partial charge in [0.15, 0.2) is 5.65 Å². The van der Waals surface area contributed by atoms with Crippen molar-refractivity contribution in [3.05, 3.63) is 52.7 Å². The number of hydrogen-bond donors (Lipinski definition) is 0. The van der Waals surface area contributed by atoms with Crippen LogP contribution in [0.1, 0.15) is 38.6 Å². The molecular formula is C27H30F2N6O2. The van der Waals surface area contributed by atoms with E-state index in [4.69, 9.17) is 4.74 Å². The lowest BCUT2D eigenvalue weighted by atomic mass is 10.0. The van der Waals surface area contributed by atoms with Gasteiger partial charge in [-0.2, -0.15) is 0 Å². The Morgan fingerprint density at radius 2 is 1.81 bits per heavy atom. The molecular weight excluding hydrogens is 478 g/mol. The number of ether oxygens (including phenoxy) is 1. The van der Waals surface area contributed by atoms with Crippen molar-refractivity contribution in [3.63, 3.8) is 0 Å². The number of aryl methyl sites for hydroxylation is 1. The quantitative estimate of drug-likeness (QED) is 0.372. The molecule has 0 amide bonds. The van der Waals surface area contributed by atoms with Crippen molar-refractivity contribution in [3.8, 4) is 11.1 Å². The third kappa shape index (κ3) is 3.93. The van der Waals surface area contributed by atoms with Gasteiger partial charge in [0.2, 0.25) is 0 Å². The van der Waals surface area contributed by atoms with Crippen molar-refractivity contribution in [1.29, 1.82) is 0 Å². The maximum atomic E-state index is 13.4. The molecule has 1 aliphatic heterocycles. The summed E-state index contributed by atoms with van der Waals surface area (Å²) in [6, 6.07) is 9.85. The molecule has 2 fully saturated rings. The highest BCUT2D eigenvalue weighted by atomic mass is 19.3. The number of nitrogens with zero attached hydrogens (tertiary/aromatic N) is 6. The molecule has 10 heteroatoms. The maximum Gasteiger partial charge on any atom is 0.330 e. The van der Waals surface area contributed by atoms with Gasteiger partial charge in [0.1, 0.15) is 5.52 Å². The summed E-state index contributed by atoms with van der Waals surface area (Å²) >= 11 is 0. The second kappa shape index (κ2) is 8.66. The molecule has 0 N–H and O–H groups in total. The molecule has 2 unspecified atom stereocenters. The normalized spacial score (nSPS) is 21.7. The van der Waals surface area contributed by atoms with Gasteiger partial charge in [-0.15, -0.1) is 10.2 Å². The van der Waals surface area contributed by atoms with E-state index < -0.39 is 17.8 Å². The topological polar surface area (TPSA) is 78.1 Å². The van der Waals surface area contributed by atoms with E-state index in [1.165, 1.54) is 4.57 Å². The molecule has 1 aromatic carbocycles. The predicted octanol–water partition coefficient (Wildman–Crippen LogP) is 4.20. The first kappa shape index (κ1) is 24.1. The average molecular weight is 509 g/mol. The molecule has 0 bridgehead atoms. The van der Waals surface area contributed by atoms with Gasteiger partial charge in [0.25, 0.3) is 5.92 Å². The molecule has 3 atom stereocenters. The number of rotatable bonds is 7. The Hall–Kier alpha value is -3.24. The first-order valence-electron chi connectivity index (χ1n) is 12.7. The van der Waals surface area contributed by atoms with Crippen LogP contribution in [0.5, 0.6) is 0 Å². The Kier molecular flexibility index (Phi) is 5.65. The maximum absolute atomic E-state index is 13.4. The minimum Gasteiger partial charge on any atom is -0.371 e. The molecule has 8 nitrogen and oxygen atoms in total. The van der Waals surface area contributed by atoms with Crippen LogP contribution in [0.2, 0.25) is 0 Å². The lowest BCUT2D eigenvalue weighted by molar-refractivity contribution is 0.0256. The largest absolute Gasteiger partial charge is 0.371 e. The second-order valence-electron chi connectivity index (χ2n) is 10.5. The molecule has 1 saturated carbocycles. The van der Waals surface area contributed by atoms with Crippen LogP contribution >= 0.6 is 0 Å². The number of piperidine rings is 1. The molecule has 0 radical (unpaired) electrons. The van der Waals surface area contributed by atoms with Crippen LogP contribution in [0.3, 0.4) is 0 Å². The van der Waals surface area contributed by atoms with Crippen LogP contribution in [0.25, 0.3) is 33.2 Å². The Labute approximate surface area is 212 Å². The molecule has 2 aliphatic rings. The van der Waals surface area contributed by atoms with Crippen molar-refractivity contribution in [1.82, 2.24) is 29.2 Å². The number of pyridine rings is 1. The Morgan fingerprint density at radius 3 is 2.49 bits per heavy atom. The number of aromatic nitrogens is 5. The average Bonchev–Trinajstić information content (AvgIpc) is 3.20. The zero-order valence-electron chi connectivity index (χ0n) is 21.4. The summed E-state index contributed by atoms with van der Waals surface area (Å²) in [6.45, 7) is 7.96. The summed E-state index contributed by atoms with van der Waals surface area (Å²) in [7, 11) is 1.71. The van der Waals surface area contributed by atoms with Gasteiger partial charge in [-0.25, -0.2) is 13.6 Å². The molecule has 37 heavy (non-hydrogen) atoms. The van der Waals surface area contributed by atoms with Crippen LogP contribution in [-0.4, -0.2) is 61.4 Å². The molecule has 4 heterocycles. The molecule has 0 spiro atoms. The highest BCUT2D eigenvalue weighted by Gasteiger charge is 2.71. The van der Waals surface area contributed by atoms with Gasteiger partial charge < -0.3 is 9.64 Å². The van der Waals surface area contributed by atoms with Gasteiger partial charge in [-0.1, -0.05) is 12.1 Å². The van der Waals surface area contributed by atoms with Gasteiger partial charge in [-0.05, 0) is 44.5 Å². The number of fused-ring (bicyclic) bond motifs is 4. The van der Waals surface area contributed by atoms with E-state index in [1.54, 1.807) is 11.6 Å². The molecule has 1 aliphatic carbocycles. The summed E-state index contributed by atoms with van der Waals surface area (Å²) in [5.74, 6) is -3.37. The van der Waals surface area contributed by atoms with Gasteiger partial charge in [0.05, 0.1) is 23.9 Å². The highest BCUT2D eigenvalue weighted by molar-refractivity contribution is 6.02. The van der Waals surface area contributed by atoms with E-state index >= 15 is 0 Å². The number of benzene rings is 1. The number of alkyl halides is 2. The minimum atomic E-state index is -2.45. The molecule has 194 valence electrons. The zero-order valence-corrected chi connectivity index (χ0v) is 21.4. The lowest BCUT2D eigenvalue weighted by Crippen LogP contribution is -2.31. The first-order valence-corrected chi connectivity index (χ1v) is 12.7. The van der Waals surface area contributed by atoms with Crippen molar-refractivity contribution in [2.45, 2.75) is 38.8 Å². The predicted molar refractivity (Wildman–Crippen MR) is 137 cm³/mol. The van der Waals surface area contributed by atoms with Crippen molar-refractivity contribution in [2.75, 3.05) is 26.2 Å². The Balaban J connectivity index is 1.18. The van der Waals surface area contributed by atoms with E-state index in [9.17, 15) is 13.6 Å². The van der Waals surface area contributed by atoms with E-state index in [1.807, 2.05) is 57.3 Å². The van der Waals surface area contributed by atoms with Crippen LogP contribution in [0.15, 0.2) is 41.3 Å². The van der Waals surface area contributed by atoms with E-state index in [-0.39, 0.29) is 17.8 Å². The molecule has 4 aromatic rings. The molecule has 3 aromatic heterocycles. The Morgan fingerprint density at radius 1 is 1.08 bits per heavy atom. The highest BCUT2D eigenvalue weighted by Crippen LogP contribution is 2.59. The molecule has 1 saturated heterocycles. The van der Waals surface area contributed by atoms with Crippen LogP contribution in [0, 0.1) is 11.8 Å². The van der Waals surface area contributed by atoms with E-state index in [0.717, 1.165) is 33.2 Å². The summed E-state index contributed by atoms with van der Waals surface area (Å²) < 4.78 is 36.0. The smallest absolute Gasteiger partial charge is 0.330 e. The zero-order chi connectivity index (χ0) is 26.1. The monoisotopic (exact) mass is 508 g/mol. The minimum absolute atomic E-state index is 0.0215. The second-order valence-corrected chi connectivity index (χ2v) is 10.5. The van der Waals surface area contributed by atoms with Gasteiger partial charge in [-0.3, -0.25) is 14.1 Å². The summed E-state index contributed by atoms with van der Waals surface area (Å²) in [5, 5.41) is 9.50. The lowest BCUT2D eigenvalue weighted by Gasteiger charge is -2.20. The Bertz CT molecular complexity index is 1530. The van der Waals surface area contributed by atoms with Gasteiger partial charge in [0, 0.05) is 61.7 Å². The summed E-state index contributed by atoms with van der Waals surface area (Å²) in [5.41, 5.74) is 4.66. The fourth-order valence-electron chi connectivity index (χ4n) is 5.58. The number of halogens is 2. The SMILES string of the molecule is CC(C)n1c(=O)n(C)c2nnc3ccc(-c4ccc([C@H](C)OCCN5CC6C(C5)C6(F)F)nc4)cc3c21. The van der Waals surface area contributed by atoms with Crippen molar-refractivity contribution in [2.24, 2.45) is 18.9 Å². The van der Waals surface area contributed by atoms with E-state index in [0.29, 0.717) is 31.9 Å². The molecule has 6 rings (SSSR count). The standard InChI is InChI=1S/C27H30F2N6O2/c1-15(2)35-24-19-11-17(5-8-23(19)31-32-25(24)33(4)26(35)36)18-6-7-22(30-12-18)16(3)37-10-9-34-13-20-21(14-34)27(20,28)29/h5-8,11-12,15-16,20-21H,9-10,13-14H2,1-4H3/t16-,20?,21?/m0/s1. The fourth-order valence-corrected chi connectivity index (χ4v) is 5.58. The first-order chi connectivity index (χ1) is 17.7. The summed E-state index contributed by atoms with van der Waals surface area (Å²) in [4.78, 5) is 19.5. The fraction of sp³-hybridized carbons (Fsp3) is 0.481. The summed E-state index contributed by atoms with van der Waals surface area (Å²) in [6.07, 6.45) is 1.61. The third-order valence-electron chi connectivity index (χ3n) is 7.87. The van der Waals surface area contributed by atoms with E-state index in [2.05, 4.69) is 20.1 Å². The number of imidazole rings is 1. The number of hydrogen-bond acceptors (Lipinski definition) is 6.